The van der Waals surface area contributed by atoms with Crippen molar-refractivity contribution < 1.29 is 27.5 Å². The molecule has 1 aromatic carbocycles. The Morgan fingerprint density at radius 1 is 1.10 bits per heavy atom. The number of hydrogen-bond acceptors (Lipinski definition) is 6. The van der Waals surface area contributed by atoms with Crippen molar-refractivity contribution in [1.29, 1.82) is 0 Å². The van der Waals surface area contributed by atoms with Gasteiger partial charge in [0.2, 0.25) is 0 Å². The van der Waals surface area contributed by atoms with E-state index in [1.165, 1.54) is 6.92 Å². The third-order valence-corrected chi connectivity index (χ3v) is 6.25. The number of hydrogen-bond donors (Lipinski definition) is 3. The standard InChI is InChI=1S/C19H27N3O6S/c1-12(2)16(22-19(25)21-14-7-5-4-6-8-14)18(24)28-13(3)17(23)20-15-9-10-29(26,27)11-15/h4-8,12-13,15-16H,9-11H2,1-3H3,(H,20,23)(H2,21,22,25)/t13-,15+,16-/m0/s1. The van der Waals surface area contributed by atoms with E-state index in [9.17, 15) is 22.8 Å². The number of nitrogens with one attached hydrogen (secondary N) is 3. The van der Waals surface area contributed by atoms with Gasteiger partial charge in [-0.15, -0.1) is 0 Å². The van der Waals surface area contributed by atoms with Crippen molar-refractivity contribution in [3.8, 4) is 0 Å². The first-order chi connectivity index (χ1) is 13.6. The Bertz CT molecular complexity index is 841. The second kappa shape index (κ2) is 9.73. The highest BCUT2D eigenvalue weighted by Crippen LogP contribution is 2.12. The average Bonchev–Trinajstić information content (AvgIpc) is 2.98. The predicted molar refractivity (Wildman–Crippen MR) is 108 cm³/mol. The van der Waals surface area contributed by atoms with Gasteiger partial charge in [0.15, 0.2) is 15.9 Å². The van der Waals surface area contributed by atoms with Crippen LogP contribution in [0, 0.1) is 5.92 Å². The summed E-state index contributed by atoms with van der Waals surface area (Å²) in [5, 5.41) is 7.76. The Labute approximate surface area is 170 Å². The van der Waals surface area contributed by atoms with Crippen LogP contribution in [0.15, 0.2) is 30.3 Å². The Morgan fingerprint density at radius 2 is 1.76 bits per heavy atom. The molecule has 1 heterocycles. The van der Waals surface area contributed by atoms with Crippen LogP contribution in [0.25, 0.3) is 0 Å². The lowest BCUT2D eigenvalue weighted by atomic mass is 10.0. The van der Waals surface area contributed by atoms with Crippen molar-refractivity contribution in [3.63, 3.8) is 0 Å². The van der Waals surface area contributed by atoms with Crippen molar-refractivity contribution >= 4 is 33.4 Å². The molecule has 0 unspecified atom stereocenters. The number of carbonyl (C=O) groups excluding carboxylic acids is 3. The van der Waals surface area contributed by atoms with Crippen LogP contribution >= 0.6 is 0 Å². The second-order valence-electron chi connectivity index (χ2n) is 7.37. The number of sulfone groups is 1. The molecule has 0 radical (unpaired) electrons. The molecule has 0 aromatic heterocycles. The lowest BCUT2D eigenvalue weighted by Gasteiger charge is -2.23. The highest BCUT2D eigenvalue weighted by atomic mass is 32.2. The normalized spacial score (nSPS) is 19.8. The van der Waals surface area contributed by atoms with E-state index in [1.54, 1.807) is 38.1 Å². The fourth-order valence-electron chi connectivity index (χ4n) is 2.86. The zero-order valence-corrected chi connectivity index (χ0v) is 17.5. The molecule has 29 heavy (non-hydrogen) atoms. The van der Waals surface area contributed by atoms with E-state index >= 15 is 0 Å². The first-order valence-electron chi connectivity index (χ1n) is 9.41. The number of para-hydroxylation sites is 1. The van der Waals surface area contributed by atoms with Crippen LogP contribution in [0.1, 0.15) is 27.2 Å². The third-order valence-electron chi connectivity index (χ3n) is 4.48. The lowest BCUT2D eigenvalue weighted by Crippen LogP contribution is -2.49. The van der Waals surface area contributed by atoms with Gasteiger partial charge in [-0.05, 0) is 31.4 Å². The molecule has 0 saturated carbocycles. The fourth-order valence-corrected chi connectivity index (χ4v) is 4.53. The molecule has 3 amide bonds. The van der Waals surface area contributed by atoms with Gasteiger partial charge in [0.1, 0.15) is 6.04 Å². The number of carbonyl (C=O) groups is 3. The molecule has 0 spiro atoms. The summed E-state index contributed by atoms with van der Waals surface area (Å²) in [6, 6.07) is 6.74. The van der Waals surface area contributed by atoms with Crippen molar-refractivity contribution in [1.82, 2.24) is 10.6 Å². The van der Waals surface area contributed by atoms with Crippen LogP contribution in [-0.4, -0.2) is 56.0 Å². The Morgan fingerprint density at radius 3 is 2.31 bits per heavy atom. The average molecular weight is 426 g/mol. The van der Waals surface area contributed by atoms with Gasteiger partial charge in [-0.2, -0.15) is 0 Å². The summed E-state index contributed by atoms with van der Waals surface area (Å²) in [6.45, 7) is 4.88. The maximum atomic E-state index is 12.5. The van der Waals surface area contributed by atoms with Gasteiger partial charge in [-0.25, -0.2) is 18.0 Å². The van der Waals surface area contributed by atoms with Crippen LogP contribution in [0.5, 0.6) is 0 Å². The zero-order chi connectivity index (χ0) is 21.6. The molecule has 160 valence electrons. The molecular formula is C19H27N3O6S. The van der Waals surface area contributed by atoms with Crippen LogP contribution in [-0.2, 0) is 24.2 Å². The fraction of sp³-hybridized carbons (Fsp3) is 0.526. The quantitative estimate of drug-likeness (QED) is 0.560. The van der Waals surface area contributed by atoms with Gasteiger partial charge in [-0.1, -0.05) is 32.0 Å². The van der Waals surface area contributed by atoms with Crippen molar-refractivity contribution in [2.24, 2.45) is 5.92 Å². The van der Waals surface area contributed by atoms with Crippen LogP contribution in [0.4, 0.5) is 10.5 Å². The SMILES string of the molecule is CC(C)[C@H](NC(=O)Nc1ccccc1)C(=O)O[C@@H](C)C(=O)N[C@@H]1CCS(=O)(=O)C1. The lowest BCUT2D eigenvalue weighted by molar-refractivity contribution is -0.157. The van der Waals surface area contributed by atoms with Gasteiger partial charge in [0.05, 0.1) is 11.5 Å². The number of esters is 1. The maximum absolute atomic E-state index is 12.5. The van der Waals surface area contributed by atoms with E-state index in [0.29, 0.717) is 12.1 Å². The van der Waals surface area contributed by atoms with Crippen molar-refractivity contribution in [3.05, 3.63) is 30.3 Å². The van der Waals surface area contributed by atoms with E-state index in [2.05, 4.69) is 16.0 Å². The highest BCUT2D eigenvalue weighted by Gasteiger charge is 2.32. The van der Waals surface area contributed by atoms with E-state index in [1.807, 2.05) is 6.07 Å². The van der Waals surface area contributed by atoms with Crippen LogP contribution in [0.2, 0.25) is 0 Å². The van der Waals surface area contributed by atoms with Gasteiger partial charge >= 0.3 is 12.0 Å². The first kappa shape index (κ1) is 22.7. The van der Waals surface area contributed by atoms with Crippen LogP contribution < -0.4 is 16.0 Å². The summed E-state index contributed by atoms with van der Waals surface area (Å²) < 4.78 is 28.2. The minimum absolute atomic E-state index is 0.0297. The molecule has 1 aromatic rings. The van der Waals surface area contributed by atoms with E-state index in [-0.39, 0.29) is 17.4 Å². The van der Waals surface area contributed by atoms with E-state index in [4.69, 9.17) is 4.74 Å². The first-order valence-corrected chi connectivity index (χ1v) is 11.2. The topological polar surface area (TPSA) is 131 Å². The number of rotatable bonds is 7. The Kier molecular flexibility index (Phi) is 7.60. The number of benzene rings is 1. The minimum Gasteiger partial charge on any atom is -0.451 e. The molecule has 1 saturated heterocycles. The summed E-state index contributed by atoms with van der Waals surface area (Å²) in [5.41, 5.74) is 0.570. The summed E-state index contributed by atoms with van der Waals surface area (Å²) in [4.78, 5) is 36.9. The molecule has 3 atom stereocenters. The highest BCUT2D eigenvalue weighted by molar-refractivity contribution is 7.91. The van der Waals surface area contributed by atoms with Crippen molar-refractivity contribution in [2.45, 2.75) is 45.4 Å². The molecule has 1 aliphatic rings. The van der Waals surface area contributed by atoms with E-state index < -0.39 is 45.9 Å². The van der Waals surface area contributed by atoms with Gasteiger partial charge in [0.25, 0.3) is 5.91 Å². The third kappa shape index (κ3) is 7.04. The molecule has 0 bridgehead atoms. The molecule has 1 aliphatic heterocycles. The molecule has 2 rings (SSSR count). The smallest absolute Gasteiger partial charge is 0.329 e. The monoisotopic (exact) mass is 425 g/mol. The molecule has 3 N–H and O–H groups in total. The summed E-state index contributed by atoms with van der Waals surface area (Å²) in [7, 11) is -3.13. The Balaban J connectivity index is 1.89. The minimum atomic E-state index is -3.13. The van der Waals surface area contributed by atoms with E-state index in [0.717, 1.165) is 0 Å². The number of urea groups is 1. The summed E-state index contributed by atoms with van der Waals surface area (Å²) in [6.07, 6.45) is -0.782. The number of ether oxygens (including phenoxy) is 1. The maximum Gasteiger partial charge on any atom is 0.329 e. The number of anilines is 1. The molecule has 10 heteroatoms. The second-order valence-corrected chi connectivity index (χ2v) is 9.60. The van der Waals surface area contributed by atoms with Gasteiger partial charge in [0, 0.05) is 11.7 Å². The molecule has 0 aliphatic carbocycles. The van der Waals surface area contributed by atoms with Gasteiger partial charge in [-0.3, -0.25) is 4.79 Å². The van der Waals surface area contributed by atoms with Crippen molar-refractivity contribution in [2.75, 3.05) is 16.8 Å². The molecule has 1 fully saturated rings. The summed E-state index contributed by atoms with van der Waals surface area (Å²) in [5.74, 6) is -1.68. The Hall–Kier alpha value is -2.62. The molecular weight excluding hydrogens is 398 g/mol. The molecule has 9 nitrogen and oxygen atoms in total. The zero-order valence-electron chi connectivity index (χ0n) is 16.7. The van der Waals surface area contributed by atoms with Gasteiger partial charge < -0.3 is 20.7 Å². The summed E-state index contributed by atoms with van der Waals surface area (Å²) >= 11 is 0. The van der Waals surface area contributed by atoms with Crippen LogP contribution in [0.3, 0.4) is 0 Å². The largest absolute Gasteiger partial charge is 0.451 e. The predicted octanol–water partition coefficient (Wildman–Crippen LogP) is 1.07. The number of amides is 3.